The van der Waals surface area contributed by atoms with Gasteiger partial charge in [0.05, 0.1) is 12.0 Å². The highest BCUT2D eigenvalue weighted by Gasteiger charge is 2.17. The number of aliphatic carboxylic acids is 1. The van der Waals surface area contributed by atoms with Crippen molar-refractivity contribution >= 4 is 33.9 Å². The lowest BCUT2D eigenvalue weighted by molar-refractivity contribution is -0.306. The third-order valence-corrected chi connectivity index (χ3v) is 4.04. The summed E-state index contributed by atoms with van der Waals surface area (Å²) in [6, 6.07) is 15.9. The van der Waals surface area contributed by atoms with Gasteiger partial charge in [-0.25, -0.2) is 9.97 Å². The predicted octanol–water partition coefficient (Wildman–Crippen LogP) is 2.15. The molecule has 0 radical (unpaired) electrons. The van der Waals surface area contributed by atoms with Gasteiger partial charge in [0.25, 0.3) is 0 Å². The highest BCUT2D eigenvalue weighted by atomic mass is 16.4. The molecule has 6 nitrogen and oxygen atoms in total. The zero-order valence-corrected chi connectivity index (χ0v) is 13.2. The molecule has 4 rings (SSSR count). The van der Waals surface area contributed by atoms with Crippen molar-refractivity contribution in [1.29, 1.82) is 0 Å². The average molecular weight is 332 g/mol. The maximum atomic E-state index is 11.6. The second kappa shape index (κ2) is 6.24. The molecule has 2 heterocycles. The third-order valence-electron chi connectivity index (χ3n) is 4.04. The summed E-state index contributed by atoms with van der Waals surface area (Å²) in [5.74, 6) is -0.863. The third kappa shape index (κ3) is 2.89. The summed E-state index contributed by atoms with van der Waals surface area (Å²) in [6.45, 7) is 0. The van der Waals surface area contributed by atoms with Crippen molar-refractivity contribution in [3.05, 3.63) is 66.5 Å². The number of anilines is 1. The van der Waals surface area contributed by atoms with Crippen LogP contribution in [0, 0.1) is 0 Å². The van der Waals surface area contributed by atoms with Crippen LogP contribution in [0.5, 0.6) is 0 Å². The number of aromatic nitrogens is 2. The number of nitrogens with one attached hydrogen (secondary N) is 1. The summed E-state index contributed by atoms with van der Waals surface area (Å²) in [4.78, 5) is 20.0. The molecule has 2 aromatic carbocycles. The van der Waals surface area contributed by atoms with Crippen LogP contribution < -0.4 is 10.4 Å². The molecule has 1 N–H and O–H groups in total. The van der Waals surface area contributed by atoms with Gasteiger partial charge < -0.3 is 19.6 Å². The zero-order chi connectivity index (χ0) is 17.2. The van der Waals surface area contributed by atoms with E-state index in [-0.39, 0.29) is 6.42 Å². The molecular weight excluding hydrogens is 318 g/mol. The van der Waals surface area contributed by atoms with Crippen molar-refractivity contribution in [3.8, 4) is 0 Å². The Hall–Kier alpha value is -3.41. The molecule has 0 fully saturated rings. The van der Waals surface area contributed by atoms with Crippen molar-refractivity contribution in [2.75, 3.05) is 5.32 Å². The summed E-state index contributed by atoms with van der Waals surface area (Å²) in [5, 5.41) is 15.4. The van der Waals surface area contributed by atoms with Crippen LogP contribution in [0.2, 0.25) is 0 Å². The van der Waals surface area contributed by atoms with E-state index in [0.29, 0.717) is 22.5 Å². The molecule has 1 atom stereocenters. The van der Waals surface area contributed by atoms with Crippen molar-refractivity contribution in [2.45, 2.75) is 12.5 Å². The normalized spacial score (nSPS) is 12.3. The number of hydrogen-bond acceptors (Lipinski definition) is 6. The van der Waals surface area contributed by atoms with Gasteiger partial charge in [-0.3, -0.25) is 0 Å². The summed E-state index contributed by atoms with van der Waals surface area (Å²) in [6.07, 6.45) is 1.66. The number of furan rings is 1. The van der Waals surface area contributed by atoms with Gasteiger partial charge in [-0.2, -0.15) is 0 Å². The molecule has 0 aliphatic heterocycles. The molecular formula is C19H14N3O3-. The predicted molar refractivity (Wildman–Crippen MR) is 91.9 cm³/mol. The molecule has 124 valence electrons. The molecule has 0 spiro atoms. The lowest BCUT2D eigenvalue weighted by atomic mass is 10.1. The Morgan fingerprint density at radius 1 is 1.08 bits per heavy atom. The fourth-order valence-electron chi connectivity index (χ4n) is 2.83. The largest absolute Gasteiger partial charge is 0.548 e. The Balaban J connectivity index is 1.72. The van der Waals surface area contributed by atoms with E-state index in [9.17, 15) is 9.90 Å². The van der Waals surface area contributed by atoms with E-state index in [0.717, 1.165) is 10.9 Å². The van der Waals surface area contributed by atoms with Gasteiger partial charge in [-0.15, -0.1) is 0 Å². The summed E-state index contributed by atoms with van der Waals surface area (Å²) in [5.41, 5.74) is 2.64. The molecule has 0 bridgehead atoms. The minimum Gasteiger partial charge on any atom is -0.548 e. The first kappa shape index (κ1) is 15.1. The van der Waals surface area contributed by atoms with E-state index in [2.05, 4.69) is 15.3 Å². The first-order valence-electron chi connectivity index (χ1n) is 7.86. The number of rotatable bonds is 5. The molecule has 0 aliphatic carbocycles. The second-order valence-corrected chi connectivity index (χ2v) is 5.70. The molecule has 0 unspecified atom stereocenters. The van der Waals surface area contributed by atoms with E-state index < -0.39 is 12.0 Å². The number of fused-ring (bicyclic) bond motifs is 3. The van der Waals surface area contributed by atoms with Crippen molar-refractivity contribution < 1.29 is 14.3 Å². The SMILES string of the molecule is O=C([O-])[C@@H](Cc1ccccc1)Nc1ncnc2c1oc1ccccc12. The smallest absolute Gasteiger partial charge is 0.196 e. The van der Waals surface area contributed by atoms with Gasteiger partial charge in [0.2, 0.25) is 0 Å². The maximum Gasteiger partial charge on any atom is 0.196 e. The van der Waals surface area contributed by atoms with E-state index >= 15 is 0 Å². The Morgan fingerprint density at radius 3 is 2.64 bits per heavy atom. The first-order chi connectivity index (χ1) is 12.2. The minimum absolute atomic E-state index is 0.273. The maximum absolute atomic E-state index is 11.6. The van der Waals surface area contributed by atoms with Gasteiger partial charge >= 0.3 is 0 Å². The number of hydrogen-bond donors (Lipinski definition) is 1. The molecule has 2 aromatic heterocycles. The lowest BCUT2D eigenvalue weighted by Gasteiger charge is -2.20. The van der Waals surface area contributed by atoms with E-state index in [1.54, 1.807) is 0 Å². The van der Waals surface area contributed by atoms with Crippen molar-refractivity contribution in [1.82, 2.24) is 9.97 Å². The van der Waals surface area contributed by atoms with Crippen LogP contribution in [0.3, 0.4) is 0 Å². The fraction of sp³-hybridized carbons (Fsp3) is 0.105. The van der Waals surface area contributed by atoms with Crippen molar-refractivity contribution in [2.24, 2.45) is 0 Å². The number of para-hydroxylation sites is 1. The quantitative estimate of drug-likeness (QED) is 0.602. The van der Waals surface area contributed by atoms with E-state index in [1.807, 2.05) is 54.6 Å². The summed E-state index contributed by atoms with van der Waals surface area (Å²) < 4.78 is 5.81. The van der Waals surface area contributed by atoms with Crippen LogP contribution in [0.4, 0.5) is 5.82 Å². The number of carboxylic acid groups (broad SMARTS) is 1. The van der Waals surface area contributed by atoms with Crippen LogP contribution in [0.15, 0.2) is 65.3 Å². The standard InChI is InChI=1S/C19H15N3O3/c23-19(24)14(10-12-6-2-1-3-7-12)22-18-17-16(20-11-21-18)13-8-4-5-9-15(13)25-17/h1-9,11,14H,10H2,(H,23,24)(H,20,21,22)/p-1/t14-/m1/s1. The number of carbonyl (C=O) groups excluding carboxylic acids is 1. The van der Waals surface area contributed by atoms with Gasteiger partial charge in [0, 0.05) is 5.39 Å². The Bertz CT molecular complexity index is 1040. The molecule has 0 amide bonds. The molecule has 0 saturated heterocycles. The monoisotopic (exact) mass is 332 g/mol. The molecule has 0 aliphatic rings. The summed E-state index contributed by atoms with van der Waals surface area (Å²) in [7, 11) is 0. The fourth-order valence-corrected chi connectivity index (χ4v) is 2.83. The first-order valence-corrected chi connectivity index (χ1v) is 7.86. The Morgan fingerprint density at radius 2 is 1.84 bits per heavy atom. The topological polar surface area (TPSA) is 91.1 Å². The number of nitrogens with zero attached hydrogens (tertiary/aromatic N) is 2. The Kier molecular flexibility index (Phi) is 3.78. The van der Waals surface area contributed by atoms with Gasteiger partial charge in [0.15, 0.2) is 11.4 Å². The molecule has 25 heavy (non-hydrogen) atoms. The van der Waals surface area contributed by atoms with Gasteiger partial charge in [0.1, 0.15) is 17.4 Å². The average Bonchev–Trinajstić information content (AvgIpc) is 3.02. The molecule has 4 aromatic rings. The van der Waals surface area contributed by atoms with Crippen LogP contribution in [-0.2, 0) is 11.2 Å². The van der Waals surface area contributed by atoms with Crippen LogP contribution in [0.25, 0.3) is 22.1 Å². The number of benzene rings is 2. The van der Waals surface area contributed by atoms with Crippen LogP contribution in [-0.4, -0.2) is 22.0 Å². The second-order valence-electron chi connectivity index (χ2n) is 5.70. The van der Waals surface area contributed by atoms with E-state index in [1.165, 1.54) is 6.33 Å². The van der Waals surface area contributed by atoms with Gasteiger partial charge in [-0.05, 0) is 24.1 Å². The highest BCUT2D eigenvalue weighted by Crippen LogP contribution is 2.30. The number of carbonyl (C=O) groups is 1. The molecule has 6 heteroatoms. The summed E-state index contributed by atoms with van der Waals surface area (Å²) >= 11 is 0. The molecule has 0 saturated carbocycles. The van der Waals surface area contributed by atoms with Gasteiger partial charge in [-0.1, -0.05) is 42.5 Å². The van der Waals surface area contributed by atoms with E-state index in [4.69, 9.17) is 4.42 Å². The van der Waals surface area contributed by atoms with Crippen LogP contribution in [0.1, 0.15) is 5.56 Å². The van der Waals surface area contributed by atoms with Crippen molar-refractivity contribution in [3.63, 3.8) is 0 Å². The highest BCUT2D eigenvalue weighted by molar-refractivity contribution is 6.05. The zero-order valence-electron chi connectivity index (χ0n) is 13.2. The lowest BCUT2D eigenvalue weighted by Crippen LogP contribution is -2.42. The Labute approximate surface area is 143 Å². The van der Waals surface area contributed by atoms with Crippen LogP contribution >= 0.6 is 0 Å². The number of carboxylic acids is 1. The minimum atomic E-state index is -1.20.